The van der Waals surface area contributed by atoms with Crippen molar-refractivity contribution in [1.29, 1.82) is 0 Å². The lowest BCUT2D eigenvalue weighted by molar-refractivity contribution is -0.115. The van der Waals surface area contributed by atoms with E-state index in [0.717, 1.165) is 22.7 Å². The van der Waals surface area contributed by atoms with Gasteiger partial charge in [-0.05, 0) is 29.8 Å². The van der Waals surface area contributed by atoms with Gasteiger partial charge < -0.3 is 10.1 Å². The van der Waals surface area contributed by atoms with Crippen molar-refractivity contribution in [2.75, 3.05) is 12.4 Å². The molecular formula is C17H15N3O2S. The monoisotopic (exact) mass is 325 g/mol. The van der Waals surface area contributed by atoms with E-state index in [0.29, 0.717) is 11.6 Å². The molecule has 0 unspecified atom stereocenters. The summed E-state index contributed by atoms with van der Waals surface area (Å²) in [6.45, 7) is 0. The largest absolute Gasteiger partial charge is 0.497 e. The zero-order valence-corrected chi connectivity index (χ0v) is 13.3. The molecule has 0 saturated carbocycles. The fourth-order valence-corrected chi connectivity index (χ4v) is 2.78. The molecule has 0 aliphatic carbocycles. The minimum absolute atomic E-state index is 0.0999. The molecule has 0 aliphatic rings. The predicted octanol–water partition coefficient (Wildman–Crippen LogP) is 3.39. The predicted molar refractivity (Wildman–Crippen MR) is 90.7 cm³/mol. The van der Waals surface area contributed by atoms with E-state index in [1.165, 1.54) is 11.3 Å². The quantitative estimate of drug-likeness (QED) is 0.781. The molecular weight excluding hydrogens is 310 g/mol. The summed E-state index contributed by atoms with van der Waals surface area (Å²) in [5.41, 5.74) is 2.47. The molecule has 6 heteroatoms. The van der Waals surface area contributed by atoms with Crippen LogP contribution in [-0.4, -0.2) is 23.0 Å². The van der Waals surface area contributed by atoms with E-state index in [2.05, 4.69) is 15.3 Å². The number of ether oxygens (including phenoxy) is 1. The van der Waals surface area contributed by atoms with Crippen molar-refractivity contribution >= 4 is 22.4 Å². The van der Waals surface area contributed by atoms with E-state index < -0.39 is 0 Å². The van der Waals surface area contributed by atoms with Gasteiger partial charge in [-0.15, -0.1) is 11.3 Å². The SMILES string of the molecule is COc1ccc(CC(=O)Nc2nc(-c3ccccn3)cs2)cc1. The van der Waals surface area contributed by atoms with Crippen LogP contribution >= 0.6 is 11.3 Å². The molecule has 23 heavy (non-hydrogen) atoms. The average molecular weight is 325 g/mol. The van der Waals surface area contributed by atoms with Gasteiger partial charge >= 0.3 is 0 Å². The third-order valence-electron chi connectivity index (χ3n) is 3.20. The Labute approximate surface area is 138 Å². The molecule has 0 bridgehead atoms. The number of hydrogen-bond acceptors (Lipinski definition) is 5. The Morgan fingerprint density at radius 1 is 1.17 bits per heavy atom. The van der Waals surface area contributed by atoms with Crippen LogP contribution < -0.4 is 10.1 Å². The molecule has 0 saturated heterocycles. The number of pyridine rings is 1. The zero-order valence-electron chi connectivity index (χ0n) is 12.5. The van der Waals surface area contributed by atoms with Gasteiger partial charge in [0.1, 0.15) is 11.4 Å². The van der Waals surface area contributed by atoms with Crippen LogP contribution in [0.25, 0.3) is 11.4 Å². The van der Waals surface area contributed by atoms with Crippen molar-refractivity contribution in [3.63, 3.8) is 0 Å². The summed E-state index contributed by atoms with van der Waals surface area (Å²) in [6.07, 6.45) is 2.01. The highest BCUT2D eigenvalue weighted by molar-refractivity contribution is 7.14. The van der Waals surface area contributed by atoms with Gasteiger partial charge in [0.05, 0.1) is 19.2 Å². The van der Waals surface area contributed by atoms with E-state index in [-0.39, 0.29) is 5.91 Å². The van der Waals surface area contributed by atoms with Crippen LogP contribution in [0.2, 0.25) is 0 Å². The summed E-state index contributed by atoms with van der Waals surface area (Å²) in [5.74, 6) is 0.672. The summed E-state index contributed by atoms with van der Waals surface area (Å²) < 4.78 is 5.10. The molecule has 0 atom stereocenters. The fraction of sp³-hybridized carbons (Fsp3) is 0.118. The van der Waals surface area contributed by atoms with Crippen molar-refractivity contribution in [2.45, 2.75) is 6.42 Å². The van der Waals surface area contributed by atoms with Gasteiger partial charge in [-0.3, -0.25) is 9.78 Å². The first-order valence-corrected chi connectivity index (χ1v) is 7.92. The van der Waals surface area contributed by atoms with Crippen LogP contribution in [0.5, 0.6) is 5.75 Å². The average Bonchev–Trinajstić information content (AvgIpc) is 3.04. The molecule has 116 valence electrons. The summed E-state index contributed by atoms with van der Waals surface area (Å²) in [4.78, 5) is 20.7. The Balaban J connectivity index is 1.63. The van der Waals surface area contributed by atoms with E-state index in [4.69, 9.17) is 4.74 Å². The van der Waals surface area contributed by atoms with Crippen LogP contribution in [0.15, 0.2) is 54.0 Å². The lowest BCUT2D eigenvalue weighted by atomic mass is 10.1. The topological polar surface area (TPSA) is 64.1 Å². The van der Waals surface area contributed by atoms with Gasteiger partial charge in [0, 0.05) is 11.6 Å². The summed E-state index contributed by atoms with van der Waals surface area (Å²) in [7, 11) is 1.61. The maximum absolute atomic E-state index is 12.1. The number of anilines is 1. The summed E-state index contributed by atoms with van der Waals surface area (Å²) >= 11 is 1.39. The van der Waals surface area contributed by atoms with Crippen molar-refractivity contribution in [1.82, 2.24) is 9.97 Å². The Hall–Kier alpha value is -2.73. The van der Waals surface area contributed by atoms with E-state index in [1.807, 2.05) is 47.8 Å². The molecule has 0 radical (unpaired) electrons. The Morgan fingerprint density at radius 3 is 2.70 bits per heavy atom. The van der Waals surface area contributed by atoms with Gasteiger partial charge in [-0.1, -0.05) is 18.2 Å². The Bertz CT molecular complexity index is 785. The molecule has 1 aromatic carbocycles. The normalized spacial score (nSPS) is 10.3. The second-order valence-corrected chi connectivity index (χ2v) is 5.68. The first-order chi connectivity index (χ1) is 11.2. The lowest BCUT2D eigenvalue weighted by Crippen LogP contribution is -2.14. The van der Waals surface area contributed by atoms with Crippen molar-refractivity contribution in [3.8, 4) is 17.1 Å². The van der Waals surface area contributed by atoms with E-state index in [9.17, 15) is 4.79 Å². The van der Waals surface area contributed by atoms with Crippen molar-refractivity contribution in [3.05, 3.63) is 59.6 Å². The van der Waals surface area contributed by atoms with Gasteiger partial charge in [0.25, 0.3) is 0 Å². The summed E-state index contributed by atoms with van der Waals surface area (Å²) in [6, 6.07) is 13.1. The summed E-state index contributed by atoms with van der Waals surface area (Å²) in [5, 5.41) is 5.27. The number of rotatable bonds is 5. The molecule has 1 amide bonds. The maximum Gasteiger partial charge on any atom is 0.230 e. The standard InChI is InChI=1S/C17H15N3O2S/c1-22-13-7-5-12(6-8-13)10-16(21)20-17-19-15(11-23-17)14-4-2-3-9-18-14/h2-9,11H,10H2,1H3,(H,19,20,21). The Morgan fingerprint density at radius 2 is 2.00 bits per heavy atom. The molecule has 3 rings (SSSR count). The lowest BCUT2D eigenvalue weighted by Gasteiger charge is -2.03. The number of amides is 1. The molecule has 1 N–H and O–H groups in total. The molecule has 2 aromatic heterocycles. The number of nitrogens with one attached hydrogen (secondary N) is 1. The number of methoxy groups -OCH3 is 1. The first kappa shape index (κ1) is 15.2. The van der Waals surface area contributed by atoms with Gasteiger partial charge in [0.2, 0.25) is 5.91 Å². The maximum atomic E-state index is 12.1. The molecule has 2 heterocycles. The second-order valence-electron chi connectivity index (χ2n) is 4.83. The number of thiazole rings is 1. The second kappa shape index (κ2) is 7.02. The molecule has 0 fully saturated rings. The fourth-order valence-electron chi connectivity index (χ4n) is 2.06. The van der Waals surface area contributed by atoms with Crippen molar-refractivity contribution in [2.24, 2.45) is 0 Å². The van der Waals surface area contributed by atoms with E-state index >= 15 is 0 Å². The highest BCUT2D eigenvalue weighted by atomic mass is 32.1. The van der Waals surface area contributed by atoms with Gasteiger partial charge in [-0.2, -0.15) is 0 Å². The number of carbonyl (C=O) groups is 1. The zero-order chi connectivity index (χ0) is 16.1. The molecule has 3 aromatic rings. The van der Waals surface area contributed by atoms with Crippen LogP contribution in [0.3, 0.4) is 0 Å². The number of nitrogens with zero attached hydrogens (tertiary/aromatic N) is 2. The first-order valence-electron chi connectivity index (χ1n) is 7.04. The van der Waals surface area contributed by atoms with E-state index in [1.54, 1.807) is 13.3 Å². The minimum atomic E-state index is -0.0999. The van der Waals surface area contributed by atoms with Gasteiger partial charge in [0.15, 0.2) is 5.13 Å². The number of carbonyl (C=O) groups excluding carboxylic acids is 1. The minimum Gasteiger partial charge on any atom is -0.497 e. The smallest absolute Gasteiger partial charge is 0.230 e. The highest BCUT2D eigenvalue weighted by Crippen LogP contribution is 2.23. The molecule has 5 nitrogen and oxygen atoms in total. The third kappa shape index (κ3) is 3.92. The Kier molecular flexibility index (Phi) is 4.63. The van der Waals surface area contributed by atoms with Crippen LogP contribution in [0.1, 0.15) is 5.56 Å². The number of aromatic nitrogens is 2. The van der Waals surface area contributed by atoms with Crippen LogP contribution in [0.4, 0.5) is 5.13 Å². The highest BCUT2D eigenvalue weighted by Gasteiger charge is 2.09. The molecule has 0 aliphatic heterocycles. The number of benzene rings is 1. The number of hydrogen-bond donors (Lipinski definition) is 1. The third-order valence-corrected chi connectivity index (χ3v) is 3.96. The van der Waals surface area contributed by atoms with Gasteiger partial charge in [-0.25, -0.2) is 4.98 Å². The van der Waals surface area contributed by atoms with Crippen molar-refractivity contribution < 1.29 is 9.53 Å². The van der Waals surface area contributed by atoms with Crippen LogP contribution in [-0.2, 0) is 11.2 Å². The molecule has 0 spiro atoms. The van der Waals surface area contributed by atoms with Crippen LogP contribution in [0, 0.1) is 0 Å².